The van der Waals surface area contributed by atoms with Crippen LogP contribution in [0.15, 0.2) is 53.9 Å². The van der Waals surface area contributed by atoms with Crippen LogP contribution in [0.3, 0.4) is 0 Å². The average Bonchev–Trinajstić information content (AvgIpc) is 2.94. The van der Waals surface area contributed by atoms with Gasteiger partial charge in [0, 0.05) is 32.0 Å². The van der Waals surface area contributed by atoms with E-state index in [9.17, 15) is 4.79 Å². The molecule has 1 aromatic rings. The maximum Gasteiger partial charge on any atom is 0.318 e. The van der Waals surface area contributed by atoms with E-state index < -0.39 is 0 Å². The van der Waals surface area contributed by atoms with Gasteiger partial charge in [-0.3, -0.25) is 4.98 Å². The van der Waals surface area contributed by atoms with Crippen molar-refractivity contribution in [2.45, 2.75) is 46.7 Å². The molecule has 0 aromatic carbocycles. The zero-order valence-corrected chi connectivity index (χ0v) is 14.9. The van der Waals surface area contributed by atoms with Crippen molar-refractivity contribution in [3.63, 3.8) is 0 Å². The molecule has 2 amide bonds. The largest absolute Gasteiger partial charge is 0.338 e. The first kappa shape index (κ1) is 18.0. The number of amides is 2. The number of aromatic nitrogens is 1. The first-order valence-electron chi connectivity index (χ1n) is 8.70. The van der Waals surface area contributed by atoms with E-state index in [0.29, 0.717) is 19.6 Å². The number of carbonyl (C=O) groups is 1. The predicted molar refractivity (Wildman–Crippen MR) is 98.4 cm³/mol. The lowest BCUT2D eigenvalue weighted by Crippen LogP contribution is -2.37. The molecule has 0 atom stereocenters. The first-order valence-corrected chi connectivity index (χ1v) is 8.70. The van der Waals surface area contributed by atoms with E-state index in [1.165, 1.54) is 16.7 Å². The van der Waals surface area contributed by atoms with Crippen molar-refractivity contribution in [3.05, 3.63) is 65.0 Å². The summed E-state index contributed by atoms with van der Waals surface area (Å²) in [5, 5.41) is 3.01. The minimum atomic E-state index is 0.00104. The number of rotatable bonds is 3. The average molecular weight is 325 g/mol. The van der Waals surface area contributed by atoms with Crippen molar-refractivity contribution in [1.29, 1.82) is 0 Å². The monoisotopic (exact) mass is 325 g/mol. The molecule has 0 bridgehead atoms. The number of fused-ring (bicyclic) bond motifs is 1. The van der Waals surface area contributed by atoms with Gasteiger partial charge in [0.05, 0.1) is 0 Å². The smallest absolute Gasteiger partial charge is 0.318 e. The van der Waals surface area contributed by atoms with Gasteiger partial charge in [0.1, 0.15) is 0 Å². The maximum atomic E-state index is 12.2. The fourth-order valence-electron chi connectivity index (χ4n) is 2.72. The highest BCUT2D eigenvalue weighted by atomic mass is 16.2. The van der Waals surface area contributed by atoms with Crippen molar-refractivity contribution in [1.82, 2.24) is 15.2 Å². The standard InChI is InChI=1S/C18H21N3O.C2H6/c1-14-3-2-4-15(6-5-14)7-10-20-18(22)21-12-16-8-9-19-11-17(16)13-21;1-2/h2,4-6,8-9,11H,3,7,10,12-13H2,1H3,(H,20,22);1-2H3. The zero-order chi connectivity index (χ0) is 17.4. The van der Waals surface area contributed by atoms with Crippen molar-refractivity contribution in [3.8, 4) is 0 Å². The summed E-state index contributed by atoms with van der Waals surface area (Å²) < 4.78 is 0. The minimum absolute atomic E-state index is 0.00104. The van der Waals surface area contributed by atoms with Gasteiger partial charge >= 0.3 is 6.03 Å². The first-order chi connectivity index (χ1) is 11.7. The minimum Gasteiger partial charge on any atom is -0.338 e. The zero-order valence-electron chi connectivity index (χ0n) is 14.9. The fraction of sp³-hybridized carbons (Fsp3) is 0.400. The number of carbonyl (C=O) groups excluding carboxylic acids is 1. The number of nitrogens with zero attached hydrogens (tertiary/aromatic N) is 2. The number of hydrogen-bond acceptors (Lipinski definition) is 2. The third-order valence-corrected chi connectivity index (χ3v) is 4.06. The maximum absolute atomic E-state index is 12.2. The Balaban J connectivity index is 0.00000100. The summed E-state index contributed by atoms with van der Waals surface area (Å²) in [5.74, 6) is 0. The molecule has 1 aliphatic carbocycles. The molecular weight excluding hydrogens is 298 g/mol. The highest BCUT2D eigenvalue weighted by molar-refractivity contribution is 5.75. The Bertz CT molecular complexity index is 634. The van der Waals surface area contributed by atoms with Crippen LogP contribution in [0.25, 0.3) is 0 Å². The molecule has 1 N–H and O–H groups in total. The van der Waals surface area contributed by atoms with E-state index in [4.69, 9.17) is 0 Å². The SMILES string of the molecule is CC.CC1=CC=C(CCNC(=O)N2Cc3ccncc3C2)C=CC1. The molecule has 0 fully saturated rings. The summed E-state index contributed by atoms with van der Waals surface area (Å²) in [6.45, 7) is 8.12. The molecular formula is C20H27N3O. The van der Waals surface area contributed by atoms with Crippen LogP contribution in [-0.2, 0) is 13.1 Å². The van der Waals surface area contributed by atoms with Crippen LogP contribution < -0.4 is 5.32 Å². The van der Waals surface area contributed by atoms with Crippen LogP contribution in [0, 0.1) is 0 Å². The summed E-state index contributed by atoms with van der Waals surface area (Å²) in [6.07, 6.45) is 14.1. The molecule has 2 heterocycles. The van der Waals surface area contributed by atoms with Crippen molar-refractivity contribution in [2.24, 2.45) is 0 Å². The molecule has 1 aliphatic heterocycles. The number of allylic oxidation sites excluding steroid dienone is 5. The van der Waals surface area contributed by atoms with Crippen LogP contribution in [0.4, 0.5) is 4.79 Å². The van der Waals surface area contributed by atoms with Gasteiger partial charge in [-0.25, -0.2) is 4.79 Å². The predicted octanol–water partition coefficient (Wildman–Crippen LogP) is 4.36. The van der Waals surface area contributed by atoms with E-state index >= 15 is 0 Å². The quantitative estimate of drug-likeness (QED) is 0.897. The van der Waals surface area contributed by atoms with E-state index in [1.807, 2.05) is 31.0 Å². The second kappa shape index (κ2) is 9.06. The molecule has 0 saturated heterocycles. The van der Waals surface area contributed by atoms with Gasteiger partial charge in [-0.15, -0.1) is 0 Å². The molecule has 4 nitrogen and oxygen atoms in total. The second-order valence-corrected chi connectivity index (χ2v) is 5.84. The van der Waals surface area contributed by atoms with Gasteiger partial charge < -0.3 is 10.2 Å². The Morgan fingerprint density at radius 2 is 2.04 bits per heavy atom. The van der Waals surface area contributed by atoms with Crippen molar-refractivity contribution < 1.29 is 4.79 Å². The molecule has 128 valence electrons. The van der Waals surface area contributed by atoms with E-state index in [0.717, 1.165) is 18.4 Å². The highest BCUT2D eigenvalue weighted by Crippen LogP contribution is 2.21. The lowest BCUT2D eigenvalue weighted by molar-refractivity contribution is 0.198. The number of pyridine rings is 1. The third kappa shape index (κ3) is 4.82. The third-order valence-electron chi connectivity index (χ3n) is 4.06. The molecule has 0 saturated carbocycles. The van der Waals surface area contributed by atoms with Crippen molar-refractivity contribution in [2.75, 3.05) is 6.54 Å². The molecule has 0 unspecified atom stereocenters. The van der Waals surface area contributed by atoms with Gasteiger partial charge in [-0.2, -0.15) is 0 Å². The normalized spacial score (nSPS) is 15.5. The molecule has 0 spiro atoms. The summed E-state index contributed by atoms with van der Waals surface area (Å²) in [4.78, 5) is 18.2. The lowest BCUT2D eigenvalue weighted by Gasteiger charge is -2.16. The van der Waals surface area contributed by atoms with Gasteiger partial charge in [0.15, 0.2) is 0 Å². The highest BCUT2D eigenvalue weighted by Gasteiger charge is 2.22. The number of nitrogens with one attached hydrogen (secondary N) is 1. The summed E-state index contributed by atoms with van der Waals surface area (Å²) in [6, 6.07) is 1.99. The summed E-state index contributed by atoms with van der Waals surface area (Å²) in [5.41, 5.74) is 4.96. The second-order valence-electron chi connectivity index (χ2n) is 5.84. The van der Waals surface area contributed by atoms with Gasteiger partial charge in [-0.1, -0.05) is 43.7 Å². The molecule has 24 heavy (non-hydrogen) atoms. The topological polar surface area (TPSA) is 45.2 Å². The number of urea groups is 1. The Hall–Kier alpha value is -2.36. The Morgan fingerprint density at radius 3 is 2.83 bits per heavy atom. The van der Waals surface area contributed by atoms with Crippen LogP contribution in [0.1, 0.15) is 44.7 Å². The van der Waals surface area contributed by atoms with Gasteiger partial charge in [-0.05, 0) is 42.5 Å². The number of hydrogen-bond donors (Lipinski definition) is 1. The van der Waals surface area contributed by atoms with Crippen LogP contribution >= 0.6 is 0 Å². The summed E-state index contributed by atoms with van der Waals surface area (Å²) in [7, 11) is 0. The van der Waals surface area contributed by atoms with Gasteiger partial charge in [0.25, 0.3) is 0 Å². The van der Waals surface area contributed by atoms with Crippen LogP contribution in [-0.4, -0.2) is 22.5 Å². The van der Waals surface area contributed by atoms with E-state index in [-0.39, 0.29) is 6.03 Å². The molecule has 2 aliphatic rings. The summed E-state index contributed by atoms with van der Waals surface area (Å²) >= 11 is 0. The molecule has 4 heteroatoms. The Kier molecular flexibility index (Phi) is 6.79. The Morgan fingerprint density at radius 1 is 1.25 bits per heavy atom. The molecule has 3 rings (SSSR count). The van der Waals surface area contributed by atoms with E-state index in [2.05, 4.69) is 41.5 Å². The van der Waals surface area contributed by atoms with Gasteiger partial charge in [0.2, 0.25) is 0 Å². The van der Waals surface area contributed by atoms with Crippen molar-refractivity contribution >= 4 is 6.03 Å². The molecule has 1 aromatic heterocycles. The molecule has 0 radical (unpaired) electrons. The fourth-order valence-corrected chi connectivity index (χ4v) is 2.72. The lowest BCUT2D eigenvalue weighted by atomic mass is 10.1. The Labute approximate surface area is 145 Å². The van der Waals surface area contributed by atoms with E-state index in [1.54, 1.807) is 6.20 Å². The van der Waals surface area contributed by atoms with Crippen LogP contribution in [0.5, 0.6) is 0 Å². The van der Waals surface area contributed by atoms with Crippen LogP contribution in [0.2, 0.25) is 0 Å².